The van der Waals surface area contributed by atoms with Gasteiger partial charge in [-0.1, -0.05) is 12.1 Å². The van der Waals surface area contributed by atoms with Crippen molar-refractivity contribution in [2.75, 3.05) is 23.5 Å². The molecule has 1 fully saturated rings. The lowest BCUT2D eigenvalue weighted by Crippen LogP contribution is -2.30. The number of nitrogens with one attached hydrogen (secondary N) is 2. The molecule has 0 radical (unpaired) electrons. The second-order valence-corrected chi connectivity index (χ2v) is 8.13. The summed E-state index contributed by atoms with van der Waals surface area (Å²) in [7, 11) is 0. The highest BCUT2D eigenvalue weighted by molar-refractivity contribution is 7.98. The summed E-state index contributed by atoms with van der Waals surface area (Å²) in [5.41, 5.74) is 3.28. The molecule has 2 amide bonds. The van der Waals surface area contributed by atoms with Crippen molar-refractivity contribution in [3.63, 3.8) is 0 Å². The number of carbonyl (C=O) groups is 2. The van der Waals surface area contributed by atoms with Crippen LogP contribution >= 0.6 is 11.8 Å². The molecule has 1 aliphatic heterocycles. The van der Waals surface area contributed by atoms with Crippen LogP contribution in [0.3, 0.4) is 0 Å². The minimum atomic E-state index is -0.192. The van der Waals surface area contributed by atoms with Gasteiger partial charge in [-0.25, -0.2) is 4.98 Å². The standard InChI is InChI=1S/C22H24N4O2S/c1-29-14-12-19(21-23-17-5-2-3-6-18(17)24-21)25-22(28)15-8-10-16(11-9-15)26-13-4-7-20(26)27/h2-3,5-6,8-11,19H,4,7,12-14H2,1H3,(H,23,24)(H,25,28)/t19-/m1/s1. The van der Waals surface area contributed by atoms with Crippen molar-refractivity contribution < 1.29 is 9.59 Å². The quantitative estimate of drug-likeness (QED) is 0.621. The van der Waals surface area contributed by atoms with E-state index >= 15 is 0 Å². The van der Waals surface area contributed by atoms with Crippen LogP contribution in [0.25, 0.3) is 11.0 Å². The summed E-state index contributed by atoms with van der Waals surface area (Å²) in [5, 5.41) is 3.12. The minimum absolute atomic E-state index is 0.143. The number of para-hydroxylation sites is 2. The lowest BCUT2D eigenvalue weighted by Gasteiger charge is -2.18. The Morgan fingerprint density at radius 1 is 1.24 bits per heavy atom. The first-order valence-electron chi connectivity index (χ1n) is 9.80. The number of H-pyrrole nitrogens is 1. The van der Waals surface area contributed by atoms with Gasteiger partial charge in [0.05, 0.1) is 17.1 Å². The maximum atomic E-state index is 12.9. The van der Waals surface area contributed by atoms with Crippen molar-refractivity contribution in [3.05, 3.63) is 59.9 Å². The van der Waals surface area contributed by atoms with Crippen molar-refractivity contribution >= 4 is 40.3 Å². The van der Waals surface area contributed by atoms with Crippen LogP contribution in [0.1, 0.15) is 41.5 Å². The topological polar surface area (TPSA) is 78.1 Å². The number of nitrogens with zero attached hydrogens (tertiary/aromatic N) is 2. The molecule has 6 nitrogen and oxygen atoms in total. The molecule has 2 aromatic carbocycles. The van der Waals surface area contributed by atoms with E-state index in [2.05, 4.69) is 21.5 Å². The average Bonchev–Trinajstić information content (AvgIpc) is 3.37. The van der Waals surface area contributed by atoms with Crippen LogP contribution in [0.5, 0.6) is 0 Å². The van der Waals surface area contributed by atoms with E-state index in [-0.39, 0.29) is 17.9 Å². The minimum Gasteiger partial charge on any atom is -0.342 e. The van der Waals surface area contributed by atoms with E-state index < -0.39 is 0 Å². The average molecular weight is 409 g/mol. The van der Waals surface area contributed by atoms with Gasteiger partial charge in [0.2, 0.25) is 5.91 Å². The van der Waals surface area contributed by atoms with Crippen LogP contribution in [0, 0.1) is 0 Å². The number of benzene rings is 2. The summed E-state index contributed by atoms with van der Waals surface area (Å²) in [5.74, 6) is 1.69. The fraction of sp³-hybridized carbons (Fsp3) is 0.318. The predicted octanol–water partition coefficient (Wildman–Crippen LogP) is 3.91. The zero-order chi connectivity index (χ0) is 20.2. The van der Waals surface area contributed by atoms with Gasteiger partial charge < -0.3 is 15.2 Å². The fourth-order valence-corrected chi connectivity index (χ4v) is 4.08. The molecule has 29 heavy (non-hydrogen) atoms. The number of rotatable bonds is 7. The Labute approximate surface area is 174 Å². The highest BCUT2D eigenvalue weighted by Crippen LogP contribution is 2.23. The number of amides is 2. The molecule has 4 rings (SSSR count). The van der Waals surface area contributed by atoms with Crippen LogP contribution in [0.15, 0.2) is 48.5 Å². The molecule has 3 aromatic rings. The van der Waals surface area contributed by atoms with Gasteiger partial charge in [-0.3, -0.25) is 9.59 Å². The van der Waals surface area contributed by atoms with Gasteiger partial charge in [-0.15, -0.1) is 0 Å². The Balaban J connectivity index is 1.50. The van der Waals surface area contributed by atoms with Crippen molar-refractivity contribution in [2.45, 2.75) is 25.3 Å². The molecule has 1 saturated heterocycles. The van der Waals surface area contributed by atoms with Gasteiger partial charge in [0.1, 0.15) is 5.82 Å². The van der Waals surface area contributed by atoms with Crippen LogP contribution < -0.4 is 10.2 Å². The molecular formula is C22H24N4O2S. The molecule has 1 atom stereocenters. The highest BCUT2D eigenvalue weighted by atomic mass is 32.2. The SMILES string of the molecule is CSCC[C@@H](NC(=O)c1ccc(N2CCCC2=O)cc1)c1nc2ccccc2[nH]1. The maximum absolute atomic E-state index is 12.9. The first-order chi connectivity index (χ1) is 14.2. The second-order valence-electron chi connectivity index (χ2n) is 7.14. The third-order valence-electron chi connectivity index (χ3n) is 5.17. The number of thioether (sulfide) groups is 1. The summed E-state index contributed by atoms with van der Waals surface area (Å²) in [4.78, 5) is 34.5. The van der Waals surface area contributed by atoms with Crippen LogP contribution in [0.2, 0.25) is 0 Å². The Morgan fingerprint density at radius 3 is 2.72 bits per heavy atom. The van der Waals surface area contributed by atoms with Gasteiger partial charge in [-0.2, -0.15) is 11.8 Å². The number of aromatic amines is 1. The van der Waals surface area contributed by atoms with Crippen molar-refractivity contribution in [1.82, 2.24) is 15.3 Å². The van der Waals surface area contributed by atoms with E-state index in [1.54, 1.807) is 28.8 Å². The van der Waals surface area contributed by atoms with Gasteiger partial charge in [0.15, 0.2) is 0 Å². The molecule has 7 heteroatoms. The van der Waals surface area contributed by atoms with Gasteiger partial charge in [-0.05, 0) is 61.2 Å². The van der Waals surface area contributed by atoms with Crippen LogP contribution in [-0.4, -0.2) is 40.3 Å². The van der Waals surface area contributed by atoms with Crippen LogP contribution in [-0.2, 0) is 4.79 Å². The molecule has 2 heterocycles. The summed E-state index contributed by atoms with van der Waals surface area (Å²) in [6.45, 7) is 0.743. The Bertz CT molecular complexity index is 982. The van der Waals surface area contributed by atoms with Crippen molar-refractivity contribution in [2.24, 2.45) is 0 Å². The number of hydrogen-bond acceptors (Lipinski definition) is 4. The molecule has 1 aliphatic rings. The highest BCUT2D eigenvalue weighted by Gasteiger charge is 2.22. The smallest absolute Gasteiger partial charge is 0.251 e. The number of aromatic nitrogens is 2. The van der Waals surface area contributed by atoms with E-state index in [9.17, 15) is 9.59 Å². The lowest BCUT2D eigenvalue weighted by atomic mass is 10.1. The van der Waals surface area contributed by atoms with E-state index in [1.807, 2.05) is 36.4 Å². The monoisotopic (exact) mass is 408 g/mol. The summed E-state index contributed by atoms with van der Waals surface area (Å²) in [6.07, 6.45) is 4.32. The Morgan fingerprint density at radius 2 is 2.03 bits per heavy atom. The number of imidazole rings is 1. The zero-order valence-electron chi connectivity index (χ0n) is 16.4. The lowest BCUT2D eigenvalue weighted by molar-refractivity contribution is -0.117. The molecule has 1 aromatic heterocycles. The van der Waals surface area contributed by atoms with Gasteiger partial charge in [0.25, 0.3) is 5.91 Å². The first kappa shape index (κ1) is 19.5. The molecule has 0 spiro atoms. The first-order valence-corrected chi connectivity index (χ1v) is 11.2. The van der Waals surface area contributed by atoms with Crippen molar-refractivity contribution in [1.29, 1.82) is 0 Å². The molecular weight excluding hydrogens is 384 g/mol. The van der Waals surface area contributed by atoms with E-state index in [0.717, 1.165) is 47.7 Å². The summed E-state index contributed by atoms with van der Waals surface area (Å²) < 4.78 is 0. The normalized spacial score (nSPS) is 15.1. The molecule has 0 bridgehead atoms. The molecule has 2 N–H and O–H groups in total. The summed E-state index contributed by atoms with van der Waals surface area (Å²) in [6, 6.07) is 14.9. The largest absolute Gasteiger partial charge is 0.342 e. The fourth-order valence-electron chi connectivity index (χ4n) is 3.61. The second kappa shape index (κ2) is 8.69. The third kappa shape index (κ3) is 4.29. The number of hydrogen-bond donors (Lipinski definition) is 2. The number of carbonyl (C=O) groups excluding carboxylic acids is 2. The van der Waals surface area contributed by atoms with E-state index in [1.165, 1.54) is 0 Å². The molecule has 0 saturated carbocycles. The third-order valence-corrected chi connectivity index (χ3v) is 5.81. The summed E-state index contributed by atoms with van der Waals surface area (Å²) >= 11 is 1.74. The van der Waals surface area contributed by atoms with Gasteiger partial charge in [0, 0.05) is 24.2 Å². The number of fused-ring (bicyclic) bond motifs is 1. The Kier molecular flexibility index (Phi) is 5.85. The molecule has 0 unspecified atom stereocenters. The van der Waals surface area contributed by atoms with E-state index in [4.69, 9.17) is 0 Å². The molecule has 150 valence electrons. The predicted molar refractivity (Wildman–Crippen MR) is 117 cm³/mol. The van der Waals surface area contributed by atoms with E-state index in [0.29, 0.717) is 12.0 Å². The molecule has 0 aliphatic carbocycles. The zero-order valence-corrected chi connectivity index (χ0v) is 17.2. The van der Waals surface area contributed by atoms with Crippen molar-refractivity contribution in [3.8, 4) is 0 Å². The Hall–Kier alpha value is -2.80. The number of anilines is 1. The van der Waals surface area contributed by atoms with Gasteiger partial charge >= 0.3 is 0 Å². The maximum Gasteiger partial charge on any atom is 0.251 e. The van der Waals surface area contributed by atoms with Crippen LogP contribution in [0.4, 0.5) is 5.69 Å².